The van der Waals surface area contributed by atoms with E-state index in [0.717, 1.165) is 0 Å². The number of fused-ring (bicyclic) bond motifs is 1. The third-order valence-corrected chi connectivity index (χ3v) is 4.17. The van der Waals surface area contributed by atoms with Crippen LogP contribution in [0.1, 0.15) is 10.5 Å². The molecule has 0 saturated carbocycles. The molecule has 0 spiro atoms. The van der Waals surface area contributed by atoms with Gasteiger partial charge in [-0.05, 0) is 36.4 Å². The number of carbonyl (C=O) groups is 1. The van der Waals surface area contributed by atoms with Crippen molar-refractivity contribution in [2.45, 2.75) is 6.10 Å². The van der Waals surface area contributed by atoms with Crippen LogP contribution in [-0.4, -0.2) is 42.4 Å². The van der Waals surface area contributed by atoms with Crippen molar-refractivity contribution in [1.29, 1.82) is 0 Å². The molecule has 146 valence electrons. The first-order valence-corrected chi connectivity index (χ1v) is 8.55. The maximum atomic E-state index is 14.0. The summed E-state index contributed by atoms with van der Waals surface area (Å²) >= 11 is 0. The van der Waals surface area contributed by atoms with Crippen molar-refractivity contribution in [3.05, 3.63) is 65.9 Å². The van der Waals surface area contributed by atoms with Crippen LogP contribution in [0.2, 0.25) is 0 Å². The number of nitrogens with zero attached hydrogens (tertiary/aromatic N) is 1. The highest BCUT2D eigenvalue weighted by molar-refractivity contribution is 6.00. The van der Waals surface area contributed by atoms with Gasteiger partial charge in [-0.2, -0.15) is 0 Å². The average molecular weight is 387 g/mol. The number of amides is 1. The number of ether oxygens (including phenoxy) is 1. The first kappa shape index (κ1) is 19.7. The maximum Gasteiger partial charge on any atom is 0.270 e. The van der Waals surface area contributed by atoms with Crippen LogP contribution in [-0.2, 0) is 4.74 Å². The highest BCUT2D eigenvalue weighted by Gasteiger charge is 2.15. The van der Waals surface area contributed by atoms with Crippen LogP contribution in [0.15, 0.2) is 48.5 Å². The summed E-state index contributed by atoms with van der Waals surface area (Å²) in [6.45, 7) is -0.160. The number of hydrogen-bond donors (Lipinski definition) is 3. The molecule has 3 rings (SSSR count). The largest absolute Gasteiger partial charge is 0.394 e. The molecular formula is C20H19F2N3O3. The quantitative estimate of drug-likeness (QED) is 0.581. The van der Waals surface area contributed by atoms with Crippen LogP contribution in [0, 0.1) is 11.6 Å². The number of halogens is 2. The van der Waals surface area contributed by atoms with E-state index in [1.54, 1.807) is 12.1 Å². The molecule has 1 aromatic heterocycles. The normalized spacial score (nSPS) is 12.0. The van der Waals surface area contributed by atoms with Crippen LogP contribution >= 0.6 is 0 Å². The highest BCUT2D eigenvalue weighted by Crippen LogP contribution is 2.28. The monoisotopic (exact) mass is 387 g/mol. The van der Waals surface area contributed by atoms with Gasteiger partial charge in [-0.25, -0.2) is 13.8 Å². The van der Waals surface area contributed by atoms with Gasteiger partial charge in [0.1, 0.15) is 17.3 Å². The van der Waals surface area contributed by atoms with Gasteiger partial charge in [-0.15, -0.1) is 0 Å². The second-order valence-corrected chi connectivity index (χ2v) is 6.07. The van der Waals surface area contributed by atoms with Gasteiger partial charge in [0, 0.05) is 19.0 Å². The van der Waals surface area contributed by atoms with Crippen molar-refractivity contribution >= 4 is 28.2 Å². The van der Waals surface area contributed by atoms with Crippen LogP contribution in [0.5, 0.6) is 0 Å². The first-order valence-electron chi connectivity index (χ1n) is 8.55. The van der Waals surface area contributed by atoms with E-state index in [-0.39, 0.29) is 24.5 Å². The topological polar surface area (TPSA) is 83.5 Å². The Kier molecular flexibility index (Phi) is 6.13. The van der Waals surface area contributed by atoms with Crippen molar-refractivity contribution in [2.24, 2.45) is 0 Å². The lowest BCUT2D eigenvalue weighted by molar-refractivity contribution is 0.0474. The molecule has 6 nitrogen and oxygen atoms in total. The number of benzene rings is 2. The average Bonchev–Trinajstić information content (AvgIpc) is 2.70. The summed E-state index contributed by atoms with van der Waals surface area (Å²) in [5, 5.41) is 15.1. The molecule has 0 aliphatic rings. The highest BCUT2D eigenvalue weighted by atomic mass is 19.1. The SMILES string of the molecule is CO[C@@H](CO)CNC(=O)c1cc(Nc2ccccc2F)c2cc(F)ccc2n1. The molecule has 0 aliphatic heterocycles. The van der Waals surface area contributed by atoms with E-state index in [0.29, 0.717) is 16.6 Å². The molecule has 2 aromatic carbocycles. The van der Waals surface area contributed by atoms with Gasteiger partial charge < -0.3 is 20.5 Å². The number of nitrogens with one attached hydrogen (secondary N) is 2. The lowest BCUT2D eigenvalue weighted by Crippen LogP contribution is -2.35. The minimum absolute atomic E-state index is 0.0609. The van der Waals surface area contributed by atoms with Crippen LogP contribution in [0.25, 0.3) is 10.9 Å². The summed E-state index contributed by atoms with van der Waals surface area (Å²) < 4.78 is 32.8. The predicted octanol–water partition coefficient (Wildman–Crippen LogP) is 2.99. The molecular weight excluding hydrogens is 368 g/mol. The van der Waals surface area contributed by atoms with Gasteiger partial charge in [-0.1, -0.05) is 12.1 Å². The Bertz CT molecular complexity index is 994. The first-order chi connectivity index (χ1) is 13.5. The Morgan fingerprint density at radius 2 is 1.96 bits per heavy atom. The van der Waals surface area contributed by atoms with E-state index in [2.05, 4.69) is 15.6 Å². The van der Waals surface area contributed by atoms with Gasteiger partial charge in [-0.3, -0.25) is 4.79 Å². The van der Waals surface area contributed by atoms with Crippen molar-refractivity contribution in [2.75, 3.05) is 25.6 Å². The van der Waals surface area contributed by atoms with E-state index < -0.39 is 23.6 Å². The maximum absolute atomic E-state index is 14.0. The summed E-state index contributed by atoms with van der Waals surface area (Å²) in [5.74, 6) is -1.46. The number of rotatable bonds is 7. The summed E-state index contributed by atoms with van der Waals surface area (Å²) in [6.07, 6.45) is -0.547. The molecule has 1 amide bonds. The molecule has 0 saturated heterocycles. The van der Waals surface area contributed by atoms with Crippen LogP contribution in [0.3, 0.4) is 0 Å². The van der Waals surface area contributed by atoms with Crippen molar-refractivity contribution in [3.63, 3.8) is 0 Å². The second kappa shape index (κ2) is 8.73. The lowest BCUT2D eigenvalue weighted by Gasteiger charge is -2.15. The molecule has 0 unspecified atom stereocenters. The molecule has 8 heteroatoms. The number of carbonyl (C=O) groups excluding carboxylic acids is 1. The Morgan fingerprint density at radius 1 is 1.18 bits per heavy atom. The standard InChI is InChI=1S/C20H19F2N3O3/c1-28-13(11-26)10-23-20(27)19-9-18(25-17-5-3-2-4-15(17)22)14-8-12(21)6-7-16(14)24-19/h2-9,13,26H,10-11H2,1H3,(H,23,27)(H,24,25)/t13-/m1/s1. The zero-order chi connectivity index (χ0) is 20.1. The van der Waals surface area contributed by atoms with Gasteiger partial charge >= 0.3 is 0 Å². The van der Waals surface area contributed by atoms with E-state index in [1.807, 2.05) is 0 Å². The molecule has 1 atom stereocenters. The number of methoxy groups -OCH3 is 1. The van der Waals surface area contributed by atoms with Gasteiger partial charge in [0.2, 0.25) is 0 Å². The van der Waals surface area contributed by atoms with E-state index in [1.165, 1.54) is 43.5 Å². The predicted molar refractivity (Wildman–Crippen MR) is 102 cm³/mol. The van der Waals surface area contributed by atoms with Gasteiger partial charge in [0.25, 0.3) is 5.91 Å². The lowest BCUT2D eigenvalue weighted by atomic mass is 10.1. The third kappa shape index (κ3) is 4.41. The minimum atomic E-state index is -0.547. The smallest absolute Gasteiger partial charge is 0.270 e. The van der Waals surface area contributed by atoms with Crippen molar-refractivity contribution in [1.82, 2.24) is 10.3 Å². The number of anilines is 2. The number of aromatic nitrogens is 1. The molecule has 28 heavy (non-hydrogen) atoms. The number of hydrogen-bond acceptors (Lipinski definition) is 5. The summed E-state index contributed by atoms with van der Waals surface area (Å²) in [7, 11) is 1.42. The Morgan fingerprint density at radius 3 is 2.68 bits per heavy atom. The zero-order valence-electron chi connectivity index (χ0n) is 15.1. The summed E-state index contributed by atoms with van der Waals surface area (Å²) in [6, 6.07) is 11.4. The number of aliphatic hydroxyl groups is 1. The van der Waals surface area contributed by atoms with E-state index in [9.17, 15) is 13.6 Å². The number of aliphatic hydroxyl groups excluding tert-OH is 1. The number of pyridine rings is 1. The van der Waals surface area contributed by atoms with Crippen LogP contribution in [0.4, 0.5) is 20.2 Å². The molecule has 0 fully saturated rings. The molecule has 0 radical (unpaired) electrons. The Labute approximate surface area is 160 Å². The number of para-hydroxylation sites is 1. The van der Waals surface area contributed by atoms with Crippen molar-refractivity contribution in [3.8, 4) is 0 Å². The molecule has 3 aromatic rings. The summed E-state index contributed by atoms with van der Waals surface area (Å²) in [4.78, 5) is 16.7. The van der Waals surface area contributed by atoms with E-state index >= 15 is 0 Å². The fourth-order valence-corrected chi connectivity index (χ4v) is 2.64. The minimum Gasteiger partial charge on any atom is -0.394 e. The molecule has 0 aliphatic carbocycles. The third-order valence-electron chi connectivity index (χ3n) is 4.17. The molecule has 0 bridgehead atoms. The fraction of sp³-hybridized carbons (Fsp3) is 0.200. The zero-order valence-corrected chi connectivity index (χ0v) is 15.1. The van der Waals surface area contributed by atoms with Crippen molar-refractivity contribution < 1.29 is 23.4 Å². The van der Waals surface area contributed by atoms with Crippen LogP contribution < -0.4 is 10.6 Å². The van der Waals surface area contributed by atoms with Gasteiger partial charge in [0.05, 0.1) is 29.6 Å². The fourth-order valence-electron chi connectivity index (χ4n) is 2.64. The second-order valence-electron chi connectivity index (χ2n) is 6.07. The van der Waals surface area contributed by atoms with E-state index in [4.69, 9.17) is 9.84 Å². The molecule has 1 heterocycles. The molecule has 3 N–H and O–H groups in total. The van der Waals surface area contributed by atoms with Gasteiger partial charge in [0.15, 0.2) is 0 Å². The summed E-state index contributed by atoms with van der Waals surface area (Å²) in [5.41, 5.74) is 0.958. The Balaban J connectivity index is 1.97. The Hall–Kier alpha value is -3.10.